The second kappa shape index (κ2) is 9.25. The van der Waals surface area contributed by atoms with Gasteiger partial charge >= 0.3 is 0 Å². The van der Waals surface area contributed by atoms with Crippen LogP contribution in [0.5, 0.6) is 0 Å². The van der Waals surface area contributed by atoms with Gasteiger partial charge in [-0.2, -0.15) is 0 Å². The van der Waals surface area contributed by atoms with E-state index < -0.39 is 8.07 Å². The normalized spacial score (nSPS) is 33.0. The molecule has 23 heavy (non-hydrogen) atoms. The predicted molar refractivity (Wildman–Crippen MR) is 102 cm³/mol. The third kappa shape index (κ3) is 6.61. The van der Waals surface area contributed by atoms with E-state index in [-0.39, 0.29) is 12.4 Å². The van der Waals surface area contributed by atoms with Crippen LogP contribution in [0.3, 0.4) is 0 Å². The maximum Gasteiger partial charge on any atom is 0.161 e. The molecule has 1 aliphatic heterocycles. The first kappa shape index (κ1) is 20.7. The molecule has 0 radical (unpaired) electrons. The van der Waals surface area contributed by atoms with Gasteiger partial charge in [0.05, 0.1) is 12.2 Å². The highest BCUT2D eigenvalue weighted by atomic mass is 28.3. The maximum atomic E-state index is 6.36. The van der Waals surface area contributed by atoms with Crippen molar-refractivity contribution in [3.63, 3.8) is 0 Å². The molecule has 3 heteroatoms. The van der Waals surface area contributed by atoms with Gasteiger partial charge in [-0.3, -0.25) is 0 Å². The molecule has 3 unspecified atom stereocenters. The Balaban J connectivity index is 2.58. The molecule has 6 atom stereocenters. The predicted octanol–water partition coefficient (Wildman–Crippen LogP) is 5.49. The topological polar surface area (TPSA) is 18.5 Å². The van der Waals surface area contributed by atoms with E-state index in [4.69, 9.17) is 9.47 Å². The first-order valence-corrected chi connectivity index (χ1v) is 13.0. The lowest BCUT2D eigenvalue weighted by atomic mass is 9.78. The summed E-state index contributed by atoms with van der Waals surface area (Å²) in [4.78, 5) is 0. The average molecular weight is 339 g/mol. The molecule has 0 aromatic rings. The second-order valence-corrected chi connectivity index (χ2v) is 13.0. The van der Waals surface area contributed by atoms with Gasteiger partial charge in [0.1, 0.15) is 8.07 Å². The van der Waals surface area contributed by atoms with E-state index in [1.54, 1.807) is 0 Å². The quantitative estimate of drug-likeness (QED) is 0.471. The van der Waals surface area contributed by atoms with Crippen LogP contribution in [-0.4, -0.2) is 26.6 Å². The molecule has 1 saturated heterocycles. The SMILES string of the molecule is CCC(CCC#C[Si](C)(C)C)O[C@@H]1OC(CC)[C@H](C)[C@H](C)C1C. The van der Waals surface area contributed by atoms with Gasteiger partial charge in [0.25, 0.3) is 0 Å². The Bertz CT molecular complexity index is 402. The summed E-state index contributed by atoms with van der Waals surface area (Å²) >= 11 is 0. The fraction of sp³-hybridized carbons (Fsp3) is 0.900. The van der Waals surface area contributed by atoms with Gasteiger partial charge in [-0.1, -0.05) is 54.3 Å². The molecule has 0 amide bonds. The van der Waals surface area contributed by atoms with Crippen LogP contribution in [0.1, 0.15) is 60.3 Å². The molecule has 0 bridgehead atoms. The summed E-state index contributed by atoms with van der Waals surface area (Å²) in [7, 11) is -1.25. The Morgan fingerprint density at radius 3 is 2.22 bits per heavy atom. The van der Waals surface area contributed by atoms with Gasteiger partial charge in [0, 0.05) is 12.3 Å². The van der Waals surface area contributed by atoms with Gasteiger partial charge in [0.15, 0.2) is 6.29 Å². The van der Waals surface area contributed by atoms with Crippen LogP contribution in [0.15, 0.2) is 0 Å². The number of hydrogen-bond acceptors (Lipinski definition) is 2. The van der Waals surface area contributed by atoms with Crippen molar-refractivity contribution in [2.24, 2.45) is 17.8 Å². The van der Waals surface area contributed by atoms with Crippen LogP contribution in [0, 0.1) is 29.2 Å². The Morgan fingerprint density at radius 1 is 1.04 bits per heavy atom. The monoisotopic (exact) mass is 338 g/mol. The summed E-state index contributed by atoms with van der Waals surface area (Å²) < 4.78 is 12.6. The highest BCUT2D eigenvalue weighted by Gasteiger charge is 2.39. The van der Waals surface area contributed by atoms with Gasteiger partial charge in [-0.25, -0.2) is 0 Å². The van der Waals surface area contributed by atoms with Crippen molar-refractivity contribution in [2.45, 2.75) is 98.4 Å². The van der Waals surface area contributed by atoms with Gasteiger partial charge < -0.3 is 9.47 Å². The van der Waals surface area contributed by atoms with E-state index in [1.807, 2.05) is 0 Å². The number of ether oxygens (including phenoxy) is 2. The van der Waals surface area contributed by atoms with E-state index >= 15 is 0 Å². The van der Waals surface area contributed by atoms with E-state index in [1.165, 1.54) is 0 Å². The molecule has 1 rings (SSSR count). The van der Waals surface area contributed by atoms with E-state index in [0.717, 1.165) is 25.7 Å². The fourth-order valence-electron chi connectivity index (χ4n) is 3.23. The molecule has 0 N–H and O–H groups in total. The average Bonchev–Trinajstić information content (AvgIpc) is 2.49. The summed E-state index contributed by atoms with van der Waals surface area (Å²) in [6.07, 6.45) is 4.58. The van der Waals surface area contributed by atoms with Crippen LogP contribution in [0.25, 0.3) is 0 Å². The standard InChI is InChI=1S/C20H38O2Si/c1-9-18(13-11-12-14-23(6,7)8)21-20-17(5)15(3)16(4)19(10-2)22-20/h15-20H,9-11,13H2,1-8H3/t15-,16+,17?,18?,19?,20+/m0/s1. The number of hydrogen-bond donors (Lipinski definition) is 0. The van der Waals surface area contributed by atoms with Crippen molar-refractivity contribution >= 4 is 8.07 Å². The molecule has 0 aliphatic carbocycles. The lowest BCUT2D eigenvalue weighted by molar-refractivity contribution is -0.264. The van der Waals surface area contributed by atoms with Crippen molar-refractivity contribution in [1.29, 1.82) is 0 Å². The van der Waals surface area contributed by atoms with Gasteiger partial charge in [0.2, 0.25) is 0 Å². The Morgan fingerprint density at radius 2 is 1.70 bits per heavy atom. The smallest absolute Gasteiger partial charge is 0.161 e. The molecular formula is C20H38O2Si. The summed E-state index contributed by atoms with van der Waals surface area (Å²) in [5, 5.41) is 0. The fourth-order valence-corrected chi connectivity index (χ4v) is 3.88. The lowest BCUT2D eigenvalue weighted by Crippen LogP contribution is -2.46. The molecule has 0 aromatic heterocycles. The molecule has 134 valence electrons. The number of rotatable bonds is 6. The van der Waals surface area contributed by atoms with E-state index in [9.17, 15) is 0 Å². The van der Waals surface area contributed by atoms with Crippen LogP contribution in [0.4, 0.5) is 0 Å². The zero-order chi connectivity index (χ0) is 17.6. The maximum absolute atomic E-state index is 6.36. The van der Waals surface area contributed by atoms with E-state index in [2.05, 4.69) is 65.7 Å². The molecule has 0 aromatic carbocycles. The molecule has 1 aliphatic rings. The van der Waals surface area contributed by atoms with Crippen LogP contribution in [-0.2, 0) is 9.47 Å². The van der Waals surface area contributed by atoms with Crippen LogP contribution >= 0.6 is 0 Å². The third-order valence-electron chi connectivity index (χ3n) is 5.22. The molecule has 0 spiro atoms. The van der Waals surface area contributed by atoms with Crippen molar-refractivity contribution < 1.29 is 9.47 Å². The third-order valence-corrected chi connectivity index (χ3v) is 6.15. The molecule has 0 saturated carbocycles. The highest BCUT2D eigenvalue weighted by molar-refractivity contribution is 6.83. The minimum Gasteiger partial charge on any atom is -0.349 e. The Labute approximate surface area is 145 Å². The Kier molecular flexibility index (Phi) is 8.34. The van der Waals surface area contributed by atoms with E-state index in [0.29, 0.717) is 23.9 Å². The van der Waals surface area contributed by atoms with Crippen LogP contribution < -0.4 is 0 Å². The molecule has 1 fully saturated rings. The lowest BCUT2D eigenvalue weighted by Gasteiger charge is -2.44. The van der Waals surface area contributed by atoms with Crippen molar-refractivity contribution in [3.05, 3.63) is 0 Å². The molecule has 2 nitrogen and oxygen atoms in total. The first-order chi connectivity index (χ1) is 10.7. The Hall–Kier alpha value is -0.303. The summed E-state index contributed by atoms with van der Waals surface area (Å²) in [5.74, 6) is 5.07. The zero-order valence-electron chi connectivity index (χ0n) is 16.6. The van der Waals surface area contributed by atoms with Gasteiger partial charge in [-0.15, -0.1) is 11.5 Å². The summed E-state index contributed by atoms with van der Waals surface area (Å²) in [5.41, 5.74) is 3.44. The first-order valence-electron chi connectivity index (χ1n) is 9.50. The minimum absolute atomic E-state index is 0.0546. The van der Waals surface area contributed by atoms with Crippen molar-refractivity contribution in [2.75, 3.05) is 0 Å². The summed E-state index contributed by atoms with van der Waals surface area (Å²) in [6.45, 7) is 18.2. The summed E-state index contributed by atoms with van der Waals surface area (Å²) in [6, 6.07) is 0. The zero-order valence-corrected chi connectivity index (χ0v) is 17.6. The molecule has 1 heterocycles. The van der Waals surface area contributed by atoms with Gasteiger partial charge in [-0.05, 0) is 31.1 Å². The van der Waals surface area contributed by atoms with Crippen LogP contribution in [0.2, 0.25) is 19.6 Å². The van der Waals surface area contributed by atoms with Crippen molar-refractivity contribution in [3.8, 4) is 11.5 Å². The second-order valence-electron chi connectivity index (χ2n) is 8.29. The largest absolute Gasteiger partial charge is 0.349 e. The molecular weight excluding hydrogens is 300 g/mol. The minimum atomic E-state index is -1.25. The highest BCUT2D eigenvalue weighted by Crippen LogP contribution is 2.37. The van der Waals surface area contributed by atoms with Crippen molar-refractivity contribution in [1.82, 2.24) is 0 Å².